The Bertz CT molecular complexity index is 594. The van der Waals surface area contributed by atoms with Crippen LogP contribution in [-0.2, 0) is 23.9 Å². The van der Waals surface area contributed by atoms with Crippen molar-refractivity contribution < 1.29 is 29.0 Å². The third kappa shape index (κ3) is 3.99. The van der Waals surface area contributed by atoms with Crippen LogP contribution >= 0.6 is 0 Å². The molecule has 1 N–H and O–H groups in total. The lowest BCUT2D eigenvalue weighted by Crippen LogP contribution is -2.46. The van der Waals surface area contributed by atoms with E-state index in [9.17, 15) is 24.3 Å². The quantitative estimate of drug-likeness (QED) is 0.689. The van der Waals surface area contributed by atoms with Crippen LogP contribution in [0.15, 0.2) is 0 Å². The third-order valence-corrected chi connectivity index (χ3v) is 5.58. The van der Waals surface area contributed by atoms with Gasteiger partial charge in [0.05, 0.1) is 30.9 Å². The summed E-state index contributed by atoms with van der Waals surface area (Å²) >= 11 is 0. The van der Waals surface area contributed by atoms with Gasteiger partial charge in [-0.25, -0.2) is 0 Å². The molecule has 0 bridgehead atoms. The lowest BCUT2D eigenvalue weighted by atomic mass is 9.97. The van der Waals surface area contributed by atoms with Gasteiger partial charge in [-0.05, 0) is 25.2 Å². The molecule has 8 heteroatoms. The highest BCUT2D eigenvalue weighted by Crippen LogP contribution is 2.58. The number of likely N-dealkylation sites (N-methyl/N-ethyl adjacent to an activating group) is 1. The lowest BCUT2D eigenvalue weighted by molar-refractivity contribution is -0.151. The summed E-state index contributed by atoms with van der Waals surface area (Å²) in [4.78, 5) is 50.9. The van der Waals surface area contributed by atoms with Crippen molar-refractivity contribution in [1.29, 1.82) is 0 Å². The Kier molecular flexibility index (Phi) is 5.93. The molecule has 1 aliphatic heterocycles. The standard InChI is InChI=1S/C18H28N2O6/c1-5-26-17(25)11-6-8-20(9-7-11)12(21)10-19(4)15(22)13-14(16(23)24)18(13,2)3/h11,13-14H,5-10H2,1-4H3,(H,23,24)/t13-,14+/m0/s1. The topological polar surface area (TPSA) is 104 Å². The molecule has 2 atom stereocenters. The Morgan fingerprint density at radius 2 is 1.73 bits per heavy atom. The molecule has 0 aromatic heterocycles. The van der Waals surface area contributed by atoms with Crippen LogP contribution in [0.3, 0.4) is 0 Å². The van der Waals surface area contributed by atoms with Crippen LogP contribution in [0.1, 0.15) is 33.6 Å². The molecule has 8 nitrogen and oxygen atoms in total. The number of carboxylic acid groups (broad SMARTS) is 1. The van der Waals surface area contributed by atoms with Gasteiger partial charge >= 0.3 is 11.9 Å². The fourth-order valence-electron chi connectivity index (χ4n) is 3.80. The number of likely N-dealkylation sites (tertiary alicyclic amines) is 1. The zero-order valence-electron chi connectivity index (χ0n) is 15.9. The average Bonchev–Trinajstić information content (AvgIpc) is 3.17. The maximum Gasteiger partial charge on any atom is 0.309 e. The summed E-state index contributed by atoms with van der Waals surface area (Å²) < 4.78 is 5.01. The van der Waals surface area contributed by atoms with E-state index in [1.54, 1.807) is 25.7 Å². The minimum atomic E-state index is -0.978. The van der Waals surface area contributed by atoms with E-state index >= 15 is 0 Å². The lowest BCUT2D eigenvalue weighted by Gasteiger charge is -2.32. The van der Waals surface area contributed by atoms with E-state index in [2.05, 4.69) is 0 Å². The maximum absolute atomic E-state index is 12.5. The fraction of sp³-hybridized carbons (Fsp3) is 0.778. The number of amides is 2. The molecule has 146 valence electrons. The highest BCUT2D eigenvalue weighted by molar-refractivity contribution is 5.93. The zero-order chi connectivity index (χ0) is 19.6. The van der Waals surface area contributed by atoms with Gasteiger partial charge in [0.1, 0.15) is 0 Å². The van der Waals surface area contributed by atoms with Crippen LogP contribution in [0.2, 0.25) is 0 Å². The van der Waals surface area contributed by atoms with Gasteiger partial charge in [-0.1, -0.05) is 13.8 Å². The predicted octanol–water partition coefficient (Wildman–Crippen LogP) is 0.603. The van der Waals surface area contributed by atoms with Gasteiger partial charge < -0.3 is 19.6 Å². The summed E-state index contributed by atoms with van der Waals surface area (Å²) in [6.07, 6.45) is 1.11. The number of piperidine rings is 1. The number of hydrogen-bond donors (Lipinski definition) is 1. The number of carboxylic acids is 1. The Hall–Kier alpha value is -2.12. The Balaban J connectivity index is 1.84. The first-order valence-electron chi connectivity index (χ1n) is 9.03. The fourth-order valence-corrected chi connectivity index (χ4v) is 3.80. The minimum absolute atomic E-state index is 0.0815. The van der Waals surface area contributed by atoms with Gasteiger partial charge in [0.2, 0.25) is 11.8 Å². The summed E-state index contributed by atoms with van der Waals surface area (Å²) in [5.74, 6) is -3.16. The SMILES string of the molecule is CCOC(=O)C1CCN(C(=O)CN(C)C(=O)[C@@H]2[C@H](C(=O)O)C2(C)C)CC1. The summed E-state index contributed by atoms with van der Waals surface area (Å²) in [6.45, 7) is 6.45. The molecule has 26 heavy (non-hydrogen) atoms. The number of aliphatic carboxylic acids is 1. The largest absolute Gasteiger partial charge is 0.481 e. The second-order valence-electron chi connectivity index (χ2n) is 7.72. The van der Waals surface area contributed by atoms with E-state index in [-0.39, 0.29) is 30.2 Å². The van der Waals surface area contributed by atoms with Crippen LogP contribution in [-0.4, -0.2) is 71.9 Å². The number of rotatable bonds is 6. The molecular formula is C18H28N2O6. The van der Waals surface area contributed by atoms with Gasteiger partial charge in [-0.15, -0.1) is 0 Å². The van der Waals surface area contributed by atoms with Gasteiger partial charge in [-0.3, -0.25) is 19.2 Å². The first-order chi connectivity index (χ1) is 12.1. The van der Waals surface area contributed by atoms with Crippen molar-refractivity contribution in [2.75, 3.05) is 33.3 Å². The average molecular weight is 368 g/mol. The highest BCUT2D eigenvalue weighted by Gasteiger charge is 2.66. The van der Waals surface area contributed by atoms with Crippen molar-refractivity contribution in [3.8, 4) is 0 Å². The van der Waals surface area contributed by atoms with E-state index in [4.69, 9.17) is 4.74 Å². The van der Waals surface area contributed by atoms with Crippen molar-refractivity contribution in [3.05, 3.63) is 0 Å². The van der Waals surface area contributed by atoms with Crippen LogP contribution in [0.25, 0.3) is 0 Å². The molecule has 1 saturated heterocycles. The van der Waals surface area contributed by atoms with Crippen molar-refractivity contribution in [1.82, 2.24) is 9.80 Å². The van der Waals surface area contributed by atoms with E-state index in [1.165, 1.54) is 11.9 Å². The molecule has 1 aliphatic carbocycles. The molecule has 0 unspecified atom stereocenters. The van der Waals surface area contributed by atoms with Gasteiger partial charge in [-0.2, -0.15) is 0 Å². The minimum Gasteiger partial charge on any atom is -0.481 e. The molecule has 0 aromatic rings. The summed E-state index contributed by atoms with van der Waals surface area (Å²) in [5.41, 5.74) is -0.585. The second kappa shape index (κ2) is 7.63. The van der Waals surface area contributed by atoms with E-state index in [0.717, 1.165) is 0 Å². The number of nitrogens with zero attached hydrogens (tertiary/aromatic N) is 2. The first-order valence-corrected chi connectivity index (χ1v) is 9.03. The van der Waals surface area contributed by atoms with E-state index in [1.807, 2.05) is 0 Å². The second-order valence-corrected chi connectivity index (χ2v) is 7.72. The van der Waals surface area contributed by atoms with Crippen LogP contribution in [0, 0.1) is 23.2 Å². The number of ether oxygens (including phenoxy) is 1. The normalized spacial score (nSPS) is 24.7. The monoisotopic (exact) mass is 368 g/mol. The van der Waals surface area contributed by atoms with Crippen LogP contribution in [0.5, 0.6) is 0 Å². The van der Waals surface area contributed by atoms with Gasteiger partial charge in [0.15, 0.2) is 0 Å². The molecule has 1 heterocycles. The van der Waals surface area contributed by atoms with Crippen molar-refractivity contribution in [2.45, 2.75) is 33.6 Å². The van der Waals surface area contributed by atoms with E-state index in [0.29, 0.717) is 32.5 Å². The van der Waals surface area contributed by atoms with Gasteiger partial charge in [0.25, 0.3) is 0 Å². The first kappa shape index (κ1) is 20.2. The number of hydrogen-bond acceptors (Lipinski definition) is 5. The Morgan fingerprint density at radius 3 is 2.19 bits per heavy atom. The number of esters is 1. The molecule has 2 fully saturated rings. The van der Waals surface area contributed by atoms with Crippen molar-refractivity contribution in [2.24, 2.45) is 23.2 Å². The van der Waals surface area contributed by atoms with Crippen molar-refractivity contribution >= 4 is 23.8 Å². The molecule has 1 saturated carbocycles. The third-order valence-electron chi connectivity index (χ3n) is 5.58. The number of carbonyl (C=O) groups is 4. The molecule has 2 amide bonds. The zero-order valence-corrected chi connectivity index (χ0v) is 15.9. The smallest absolute Gasteiger partial charge is 0.309 e. The Labute approximate surface area is 153 Å². The number of carbonyl (C=O) groups excluding carboxylic acids is 3. The molecule has 0 radical (unpaired) electrons. The Morgan fingerprint density at radius 1 is 1.15 bits per heavy atom. The molecule has 2 rings (SSSR count). The predicted molar refractivity (Wildman–Crippen MR) is 92.0 cm³/mol. The summed E-state index contributed by atoms with van der Waals surface area (Å²) in [7, 11) is 1.53. The van der Waals surface area contributed by atoms with Crippen molar-refractivity contribution in [3.63, 3.8) is 0 Å². The molecule has 0 aromatic carbocycles. The molecule has 0 spiro atoms. The molecule has 2 aliphatic rings. The maximum atomic E-state index is 12.5. The molecular weight excluding hydrogens is 340 g/mol. The highest BCUT2D eigenvalue weighted by atomic mass is 16.5. The van der Waals surface area contributed by atoms with Crippen LogP contribution in [0.4, 0.5) is 0 Å². The summed E-state index contributed by atoms with van der Waals surface area (Å²) in [5, 5.41) is 9.20. The van der Waals surface area contributed by atoms with Crippen LogP contribution < -0.4 is 0 Å². The van der Waals surface area contributed by atoms with E-state index < -0.39 is 23.2 Å². The van der Waals surface area contributed by atoms with Gasteiger partial charge in [0, 0.05) is 20.1 Å². The summed E-state index contributed by atoms with van der Waals surface area (Å²) in [6, 6.07) is 0.